The molecule has 0 fully saturated rings. The summed E-state index contributed by atoms with van der Waals surface area (Å²) in [6.07, 6.45) is 0. The molecule has 0 saturated heterocycles. The summed E-state index contributed by atoms with van der Waals surface area (Å²) in [6, 6.07) is 11.2. The number of rotatable bonds is 3. The molecule has 2 N–H and O–H groups in total. The number of aromatic amines is 2. The van der Waals surface area contributed by atoms with Gasteiger partial charge in [0, 0.05) is 10.6 Å². The van der Waals surface area contributed by atoms with Gasteiger partial charge in [0.15, 0.2) is 0 Å². The van der Waals surface area contributed by atoms with Crippen LogP contribution in [0.4, 0.5) is 0 Å². The minimum Gasteiger partial charge on any atom is -0.496 e. The maximum Gasteiger partial charge on any atom is 0.323 e. The Labute approximate surface area is 134 Å². The third-order valence-electron chi connectivity index (χ3n) is 3.30. The van der Waals surface area contributed by atoms with Gasteiger partial charge in [-0.2, -0.15) is 0 Å². The molecule has 0 spiro atoms. The van der Waals surface area contributed by atoms with Gasteiger partial charge in [-0.3, -0.25) is 0 Å². The SMILES string of the molecule is COc1ccc(Cl)cc1C(Br)c1ccc2[nH]c(=O)[nH]c2c1. The van der Waals surface area contributed by atoms with E-state index in [1.807, 2.05) is 30.3 Å². The number of methoxy groups -OCH3 is 1. The van der Waals surface area contributed by atoms with E-state index in [1.165, 1.54) is 0 Å². The molecule has 0 aliphatic heterocycles. The molecule has 0 aliphatic carbocycles. The molecule has 1 atom stereocenters. The fourth-order valence-electron chi connectivity index (χ4n) is 2.29. The molecule has 1 unspecified atom stereocenters. The molecule has 4 nitrogen and oxygen atoms in total. The number of benzene rings is 2. The number of H-pyrrole nitrogens is 2. The maximum atomic E-state index is 11.3. The van der Waals surface area contributed by atoms with Crippen LogP contribution < -0.4 is 10.4 Å². The average Bonchev–Trinajstić information content (AvgIpc) is 2.85. The second-order valence-corrected chi connectivity index (χ2v) is 5.99. The molecule has 0 amide bonds. The molecular weight excluding hydrogens is 356 g/mol. The minimum atomic E-state index is -0.214. The Morgan fingerprint density at radius 3 is 2.67 bits per heavy atom. The molecular formula is C15H12BrClN2O2. The number of fused-ring (bicyclic) bond motifs is 1. The van der Waals surface area contributed by atoms with Gasteiger partial charge >= 0.3 is 5.69 Å². The zero-order chi connectivity index (χ0) is 15.0. The quantitative estimate of drug-likeness (QED) is 0.687. The molecule has 0 saturated carbocycles. The lowest BCUT2D eigenvalue weighted by molar-refractivity contribution is 0.410. The molecule has 108 valence electrons. The molecule has 1 aromatic heterocycles. The first-order valence-corrected chi connectivity index (χ1v) is 7.57. The summed E-state index contributed by atoms with van der Waals surface area (Å²) >= 11 is 9.75. The van der Waals surface area contributed by atoms with E-state index >= 15 is 0 Å². The van der Waals surface area contributed by atoms with Crippen molar-refractivity contribution in [2.45, 2.75) is 4.83 Å². The van der Waals surface area contributed by atoms with Crippen LogP contribution in [-0.4, -0.2) is 17.1 Å². The van der Waals surface area contributed by atoms with Gasteiger partial charge in [0.2, 0.25) is 0 Å². The monoisotopic (exact) mass is 366 g/mol. The van der Waals surface area contributed by atoms with Crippen molar-refractivity contribution < 1.29 is 4.74 Å². The van der Waals surface area contributed by atoms with Gasteiger partial charge in [-0.15, -0.1) is 0 Å². The van der Waals surface area contributed by atoms with Gasteiger partial charge in [0.05, 0.1) is 23.0 Å². The highest BCUT2D eigenvalue weighted by molar-refractivity contribution is 9.09. The Balaban J connectivity index is 2.09. The number of hydrogen-bond donors (Lipinski definition) is 2. The first-order valence-electron chi connectivity index (χ1n) is 6.28. The predicted molar refractivity (Wildman–Crippen MR) is 87.7 cm³/mol. The number of imidazole rings is 1. The topological polar surface area (TPSA) is 57.9 Å². The summed E-state index contributed by atoms with van der Waals surface area (Å²) in [6.45, 7) is 0. The molecule has 0 aliphatic rings. The molecule has 21 heavy (non-hydrogen) atoms. The number of aromatic nitrogens is 2. The van der Waals surface area contributed by atoms with Gasteiger partial charge in [0.1, 0.15) is 5.75 Å². The van der Waals surface area contributed by atoms with E-state index in [1.54, 1.807) is 13.2 Å². The lowest BCUT2D eigenvalue weighted by atomic mass is 10.0. The first kappa shape index (κ1) is 14.2. The highest BCUT2D eigenvalue weighted by atomic mass is 79.9. The molecule has 0 radical (unpaired) electrons. The van der Waals surface area contributed by atoms with E-state index in [-0.39, 0.29) is 10.5 Å². The summed E-state index contributed by atoms with van der Waals surface area (Å²) in [7, 11) is 1.62. The molecule has 2 aromatic carbocycles. The lowest BCUT2D eigenvalue weighted by Crippen LogP contribution is -1.99. The van der Waals surface area contributed by atoms with Crippen LogP contribution in [0.15, 0.2) is 41.2 Å². The zero-order valence-electron chi connectivity index (χ0n) is 11.1. The van der Waals surface area contributed by atoms with Crippen LogP contribution in [0.3, 0.4) is 0 Å². The van der Waals surface area contributed by atoms with Gasteiger partial charge < -0.3 is 14.7 Å². The van der Waals surface area contributed by atoms with Gasteiger partial charge in [-0.05, 0) is 35.9 Å². The van der Waals surface area contributed by atoms with Gasteiger partial charge in [-0.25, -0.2) is 4.79 Å². The largest absolute Gasteiger partial charge is 0.496 e. The molecule has 3 rings (SSSR count). The highest BCUT2D eigenvalue weighted by Gasteiger charge is 2.16. The molecule has 1 heterocycles. The van der Waals surface area contributed by atoms with Crippen molar-refractivity contribution in [2.75, 3.05) is 7.11 Å². The fourth-order valence-corrected chi connectivity index (χ4v) is 3.11. The Morgan fingerprint density at radius 1 is 1.14 bits per heavy atom. The number of nitrogens with one attached hydrogen (secondary N) is 2. The van der Waals surface area contributed by atoms with Crippen molar-refractivity contribution in [3.63, 3.8) is 0 Å². The van der Waals surface area contributed by atoms with E-state index in [0.717, 1.165) is 27.9 Å². The summed E-state index contributed by atoms with van der Waals surface area (Å²) in [5.74, 6) is 0.754. The summed E-state index contributed by atoms with van der Waals surface area (Å²) in [4.78, 5) is 16.7. The summed E-state index contributed by atoms with van der Waals surface area (Å²) < 4.78 is 5.38. The Morgan fingerprint density at radius 2 is 1.90 bits per heavy atom. The Kier molecular flexibility index (Phi) is 3.78. The van der Waals surface area contributed by atoms with E-state index < -0.39 is 0 Å². The lowest BCUT2D eigenvalue weighted by Gasteiger charge is -2.15. The van der Waals surface area contributed by atoms with Crippen molar-refractivity contribution in [3.05, 3.63) is 63.0 Å². The first-order chi connectivity index (χ1) is 10.1. The predicted octanol–water partition coefficient (Wildman–Crippen LogP) is 4.00. The van der Waals surface area contributed by atoms with Crippen molar-refractivity contribution in [3.8, 4) is 5.75 Å². The van der Waals surface area contributed by atoms with Crippen LogP contribution in [0, 0.1) is 0 Å². The van der Waals surface area contributed by atoms with E-state index in [9.17, 15) is 4.79 Å². The third kappa shape index (κ3) is 2.71. The highest BCUT2D eigenvalue weighted by Crippen LogP contribution is 2.38. The second-order valence-electron chi connectivity index (χ2n) is 4.63. The average molecular weight is 368 g/mol. The molecule has 0 bridgehead atoms. The Hall–Kier alpha value is -1.72. The Bertz CT molecular complexity index is 856. The summed E-state index contributed by atoms with van der Waals surface area (Å²) in [5.41, 5.74) is 3.26. The summed E-state index contributed by atoms with van der Waals surface area (Å²) in [5, 5.41) is 0.645. The van der Waals surface area contributed by atoms with Gasteiger partial charge in [0.25, 0.3) is 0 Å². The molecule has 3 aromatic rings. The van der Waals surface area contributed by atoms with Crippen molar-refractivity contribution in [1.82, 2.24) is 9.97 Å². The van der Waals surface area contributed by atoms with Crippen molar-refractivity contribution >= 4 is 38.6 Å². The second kappa shape index (κ2) is 5.58. The zero-order valence-corrected chi connectivity index (χ0v) is 13.5. The van der Waals surface area contributed by atoms with Crippen molar-refractivity contribution in [2.24, 2.45) is 0 Å². The van der Waals surface area contributed by atoms with Crippen LogP contribution >= 0.6 is 27.5 Å². The standard InChI is InChI=1S/C15H12BrClN2O2/c1-21-13-5-3-9(17)7-10(13)14(16)8-2-4-11-12(6-8)19-15(20)18-11/h2-7,14H,1H3,(H2,18,19,20). The number of hydrogen-bond acceptors (Lipinski definition) is 2. The smallest absolute Gasteiger partial charge is 0.323 e. The van der Waals surface area contributed by atoms with Crippen LogP contribution in [0.25, 0.3) is 11.0 Å². The fraction of sp³-hybridized carbons (Fsp3) is 0.133. The van der Waals surface area contributed by atoms with Crippen LogP contribution in [0.2, 0.25) is 5.02 Å². The number of ether oxygens (including phenoxy) is 1. The minimum absolute atomic E-state index is 0.0889. The van der Waals surface area contributed by atoms with E-state index in [2.05, 4.69) is 25.9 Å². The van der Waals surface area contributed by atoms with E-state index in [0.29, 0.717) is 5.02 Å². The number of alkyl halides is 1. The van der Waals surface area contributed by atoms with E-state index in [4.69, 9.17) is 16.3 Å². The van der Waals surface area contributed by atoms with Crippen molar-refractivity contribution in [1.29, 1.82) is 0 Å². The van der Waals surface area contributed by atoms with Gasteiger partial charge in [-0.1, -0.05) is 33.6 Å². The van der Waals surface area contributed by atoms with Crippen LogP contribution in [0.1, 0.15) is 16.0 Å². The van der Waals surface area contributed by atoms with Crippen LogP contribution in [0.5, 0.6) is 5.75 Å². The third-order valence-corrected chi connectivity index (χ3v) is 4.55. The maximum absolute atomic E-state index is 11.3. The molecule has 6 heteroatoms. The normalized spacial score (nSPS) is 12.5. The number of halogens is 2. The van der Waals surface area contributed by atoms with Crippen LogP contribution in [-0.2, 0) is 0 Å².